The molecule has 1 unspecified atom stereocenters. The zero-order valence-corrected chi connectivity index (χ0v) is 21.1. The van der Waals surface area contributed by atoms with Crippen molar-refractivity contribution in [3.05, 3.63) is 80.1 Å². The molecule has 0 spiro atoms. The van der Waals surface area contributed by atoms with E-state index in [1.165, 1.54) is 11.3 Å². The number of aryl methyl sites for hydroxylation is 2. The zero-order chi connectivity index (χ0) is 24.9. The number of hydrogen-bond donors (Lipinski definition) is 0. The fourth-order valence-corrected chi connectivity index (χ4v) is 5.25. The van der Waals surface area contributed by atoms with Crippen LogP contribution in [0.1, 0.15) is 59.1 Å². The molecular weight excluding hydrogens is 464 g/mol. The van der Waals surface area contributed by atoms with Crippen LogP contribution in [0.15, 0.2) is 51.7 Å². The quantitative estimate of drug-likeness (QED) is 0.340. The topological polar surface area (TPSA) is 81.9 Å². The minimum absolute atomic E-state index is 0.0170. The lowest BCUT2D eigenvalue weighted by Crippen LogP contribution is -2.29. The van der Waals surface area contributed by atoms with Crippen molar-refractivity contribution in [3.8, 4) is 11.5 Å². The van der Waals surface area contributed by atoms with Crippen LogP contribution < -0.4 is 19.8 Å². The number of nitrogens with zero attached hydrogens (tertiary/aromatic N) is 2. The van der Waals surface area contributed by atoms with Crippen LogP contribution >= 0.6 is 11.3 Å². The van der Waals surface area contributed by atoms with Crippen molar-refractivity contribution in [2.45, 2.75) is 46.8 Å². The molecule has 0 radical (unpaired) electrons. The lowest BCUT2D eigenvalue weighted by molar-refractivity contribution is 0.0970. The summed E-state index contributed by atoms with van der Waals surface area (Å²) >= 11 is 1.42. The van der Waals surface area contributed by atoms with Gasteiger partial charge in [-0.3, -0.25) is 14.5 Å². The van der Waals surface area contributed by atoms with E-state index in [-0.39, 0.29) is 17.3 Å². The largest absolute Gasteiger partial charge is 0.494 e. The summed E-state index contributed by atoms with van der Waals surface area (Å²) in [5.41, 5.74) is 1.97. The highest BCUT2D eigenvalue weighted by Gasteiger charge is 2.45. The molecule has 1 atom stereocenters. The lowest BCUT2D eigenvalue weighted by atomic mass is 9.98. The summed E-state index contributed by atoms with van der Waals surface area (Å²) in [6.45, 7) is 10.1. The van der Waals surface area contributed by atoms with E-state index in [0.717, 1.165) is 16.1 Å². The van der Waals surface area contributed by atoms with Crippen LogP contribution in [0.25, 0.3) is 11.0 Å². The maximum Gasteiger partial charge on any atom is 0.297 e. The van der Waals surface area contributed by atoms with E-state index in [1.807, 2.05) is 58.9 Å². The first-order chi connectivity index (χ1) is 16.8. The molecule has 0 saturated heterocycles. The number of carbonyl (C=O) groups is 1. The molecule has 1 aliphatic rings. The van der Waals surface area contributed by atoms with Crippen molar-refractivity contribution in [1.82, 2.24) is 4.98 Å². The normalized spacial score (nSPS) is 15.2. The first-order valence-corrected chi connectivity index (χ1v) is 12.4. The molecule has 5 rings (SSSR count). The van der Waals surface area contributed by atoms with E-state index in [4.69, 9.17) is 13.9 Å². The molecule has 0 saturated carbocycles. The van der Waals surface area contributed by atoms with Gasteiger partial charge < -0.3 is 13.9 Å². The Morgan fingerprint density at radius 3 is 2.60 bits per heavy atom. The van der Waals surface area contributed by atoms with Crippen molar-refractivity contribution in [1.29, 1.82) is 0 Å². The van der Waals surface area contributed by atoms with Gasteiger partial charge in [0.1, 0.15) is 17.1 Å². The maximum absolute atomic E-state index is 13.8. The van der Waals surface area contributed by atoms with Crippen LogP contribution in [-0.2, 0) is 0 Å². The second kappa shape index (κ2) is 8.85. The SMILES string of the molecule is CCOc1ccc2c(=O)c3c(oc2c1)C(=O)N(c1nc(C)c(C)s1)C3c1cccc(OC(C)C)c1. The highest BCUT2D eigenvalue weighted by Crippen LogP contribution is 2.43. The predicted molar refractivity (Wildman–Crippen MR) is 136 cm³/mol. The Balaban J connectivity index is 1.75. The van der Waals surface area contributed by atoms with Crippen LogP contribution in [0.2, 0.25) is 0 Å². The van der Waals surface area contributed by atoms with Crippen molar-refractivity contribution in [2.24, 2.45) is 0 Å². The molecule has 3 heterocycles. The second-order valence-corrected chi connectivity index (χ2v) is 9.90. The molecular formula is C27H26N2O5S. The maximum atomic E-state index is 13.8. The molecule has 1 amide bonds. The highest BCUT2D eigenvalue weighted by molar-refractivity contribution is 7.15. The molecule has 7 nitrogen and oxygen atoms in total. The summed E-state index contributed by atoms with van der Waals surface area (Å²) in [4.78, 5) is 34.8. The van der Waals surface area contributed by atoms with Gasteiger partial charge >= 0.3 is 0 Å². The van der Waals surface area contributed by atoms with Crippen molar-refractivity contribution >= 4 is 33.3 Å². The number of amides is 1. The van der Waals surface area contributed by atoms with Gasteiger partial charge in [0, 0.05) is 10.9 Å². The Bertz CT molecular complexity index is 1480. The van der Waals surface area contributed by atoms with Crippen LogP contribution in [-0.4, -0.2) is 23.6 Å². The summed E-state index contributed by atoms with van der Waals surface area (Å²) in [6.07, 6.45) is -0.0170. The van der Waals surface area contributed by atoms with Crippen molar-refractivity contribution in [2.75, 3.05) is 11.5 Å². The van der Waals surface area contributed by atoms with Gasteiger partial charge in [0.25, 0.3) is 5.91 Å². The molecule has 4 aromatic rings. The second-order valence-electron chi connectivity index (χ2n) is 8.72. The monoisotopic (exact) mass is 490 g/mol. The van der Waals surface area contributed by atoms with Crippen LogP contribution in [0, 0.1) is 13.8 Å². The van der Waals surface area contributed by atoms with E-state index >= 15 is 0 Å². The lowest BCUT2D eigenvalue weighted by Gasteiger charge is -2.23. The van der Waals surface area contributed by atoms with Gasteiger partial charge in [-0.05, 0) is 64.4 Å². The molecule has 2 aromatic carbocycles. The molecule has 0 fully saturated rings. The Morgan fingerprint density at radius 2 is 1.91 bits per heavy atom. The van der Waals surface area contributed by atoms with Crippen molar-refractivity contribution < 1.29 is 18.7 Å². The summed E-state index contributed by atoms with van der Waals surface area (Å²) in [7, 11) is 0. The first-order valence-electron chi connectivity index (χ1n) is 11.6. The molecule has 35 heavy (non-hydrogen) atoms. The van der Waals surface area contributed by atoms with Gasteiger partial charge in [-0.2, -0.15) is 0 Å². The third-order valence-electron chi connectivity index (χ3n) is 5.92. The smallest absolute Gasteiger partial charge is 0.297 e. The van der Waals surface area contributed by atoms with E-state index in [2.05, 4.69) is 4.98 Å². The third kappa shape index (κ3) is 3.97. The van der Waals surface area contributed by atoms with Gasteiger partial charge in [0.2, 0.25) is 5.76 Å². The standard InChI is InChI=1S/C27H26N2O5S/c1-6-32-18-10-11-20-21(13-18)34-25-22(24(20)30)23(17-8-7-9-19(12-17)33-14(2)3)29(26(25)31)27-28-15(4)16(5)35-27/h7-14,23H,6H2,1-5H3. The molecule has 0 N–H and O–H groups in total. The number of anilines is 1. The van der Waals surface area contributed by atoms with Gasteiger partial charge in [0.05, 0.1) is 35.4 Å². The first kappa shape index (κ1) is 23.1. The average molecular weight is 491 g/mol. The number of carbonyl (C=O) groups excluding carboxylic acids is 1. The summed E-state index contributed by atoms with van der Waals surface area (Å²) in [5.74, 6) is 0.875. The number of thiazole rings is 1. The summed E-state index contributed by atoms with van der Waals surface area (Å²) < 4.78 is 17.6. The van der Waals surface area contributed by atoms with E-state index < -0.39 is 11.9 Å². The minimum atomic E-state index is -0.689. The number of ether oxygens (including phenoxy) is 2. The van der Waals surface area contributed by atoms with Gasteiger partial charge in [-0.25, -0.2) is 4.98 Å². The average Bonchev–Trinajstić information content (AvgIpc) is 3.29. The molecule has 0 aliphatic carbocycles. The zero-order valence-electron chi connectivity index (χ0n) is 20.2. The summed E-state index contributed by atoms with van der Waals surface area (Å²) in [5, 5.41) is 0.919. The molecule has 0 bridgehead atoms. The Labute approximate surface area is 206 Å². The number of benzene rings is 2. The number of aromatic nitrogens is 1. The van der Waals surface area contributed by atoms with Gasteiger partial charge in [0.15, 0.2) is 10.6 Å². The molecule has 180 valence electrons. The number of fused-ring (bicyclic) bond motifs is 2. The van der Waals surface area contributed by atoms with Gasteiger partial charge in [-0.15, -0.1) is 11.3 Å². The highest BCUT2D eigenvalue weighted by atomic mass is 32.1. The van der Waals surface area contributed by atoms with Crippen LogP contribution in [0.5, 0.6) is 11.5 Å². The molecule has 2 aromatic heterocycles. The van der Waals surface area contributed by atoms with Gasteiger partial charge in [-0.1, -0.05) is 12.1 Å². The molecule has 8 heteroatoms. The van der Waals surface area contributed by atoms with Crippen molar-refractivity contribution in [3.63, 3.8) is 0 Å². The number of hydrogen-bond acceptors (Lipinski definition) is 7. The minimum Gasteiger partial charge on any atom is -0.494 e. The predicted octanol–water partition coefficient (Wildman–Crippen LogP) is 5.80. The van der Waals surface area contributed by atoms with Crippen LogP contribution in [0.4, 0.5) is 5.13 Å². The Kier molecular flexibility index (Phi) is 5.84. The number of rotatable bonds is 6. The van der Waals surface area contributed by atoms with E-state index in [0.29, 0.717) is 39.8 Å². The fourth-order valence-electron chi connectivity index (χ4n) is 4.31. The third-order valence-corrected chi connectivity index (χ3v) is 7.00. The van der Waals surface area contributed by atoms with E-state index in [9.17, 15) is 9.59 Å². The fraction of sp³-hybridized carbons (Fsp3) is 0.296. The Morgan fingerprint density at radius 1 is 1.11 bits per heavy atom. The van der Waals surface area contributed by atoms with E-state index in [1.54, 1.807) is 23.1 Å². The molecule has 1 aliphatic heterocycles. The summed E-state index contributed by atoms with van der Waals surface area (Å²) in [6, 6.07) is 11.9. The Hall–Kier alpha value is -3.65. The van der Waals surface area contributed by atoms with Crippen LogP contribution in [0.3, 0.4) is 0 Å².